The highest BCUT2D eigenvalue weighted by Gasteiger charge is 2.28. The number of carboxylic acids is 1. The number of thioether (sulfide) groups is 2. The molecule has 8 N–H and O–H groups in total. The second-order valence-electron chi connectivity index (χ2n) is 7.14. The molecule has 180 valence electrons. The predicted molar refractivity (Wildman–Crippen MR) is 126 cm³/mol. The zero-order valence-corrected chi connectivity index (χ0v) is 20.2. The topological polar surface area (TPSA) is 177 Å². The van der Waals surface area contributed by atoms with Gasteiger partial charge in [0.2, 0.25) is 17.7 Å². The highest BCUT2D eigenvalue weighted by Crippen LogP contribution is 2.06. The molecule has 10 nitrogen and oxygen atoms in total. The van der Waals surface area contributed by atoms with Gasteiger partial charge in [-0.15, -0.1) is 0 Å². The van der Waals surface area contributed by atoms with Crippen LogP contribution in [0.5, 0.6) is 0 Å². The van der Waals surface area contributed by atoms with Crippen LogP contribution in [0.2, 0.25) is 0 Å². The van der Waals surface area contributed by atoms with Crippen LogP contribution in [-0.4, -0.2) is 83.5 Å². The third kappa shape index (κ3) is 12.8. The number of hydrogen-bond donors (Lipinski definition) is 6. The molecule has 0 bridgehead atoms. The van der Waals surface area contributed by atoms with Crippen molar-refractivity contribution in [3.63, 3.8) is 0 Å². The van der Waals surface area contributed by atoms with Crippen molar-refractivity contribution in [1.29, 1.82) is 0 Å². The Morgan fingerprint density at radius 3 is 1.97 bits per heavy atom. The molecule has 31 heavy (non-hydrogen) atoms. The molecule has 3 amide bonds. The van der Waals surface area contributed by atoms with Crippen molar-refractivity contribution < 1.29 is 24.3 Å². The molecule has 0 fully saturated rings. The van der Waals surface area contributed by atoms with E-state index in [0.29, 0.717) is 38.0 Å². The lowest BCUT2D eigenvalue weighted by molar-refractivity contribution is -0.142. The van der Waals surface area contributed by atoms with E-state index < -0.39 is 47.9 Å². The summed E-state index contributed by atoms with van der Waals surface area (Å²) in [5.41, 5.74) is 11.2. The highest BCUT2D eigenvalue weighted by molar-refractivity contribution is 7.98. The van der Waals surface area contributed by atoms with Crippen LogP contribution in [0.3, 0.4) is 0 Å². The van der Waals surface area contributed by atoms with Crippen LogP contribution in [0.15, 0.2) is 0 Å². The van der Waals surface area contributed by atoms with Gasteiger partial charge in [0.25, 0.3) is 0 Å². The predicted octanol–water partition coefficient (Wildman–Crippen LogP) is -0.492. The third-order valence-corrected chi connectivity index (χ3v) is 5.81. The van der Waals surface area contributed by atoms with E-state index in [4.69, 9.17) is 11.5 Å². The molecule has 0 saturated heterocycles. The lowest BCUT2D eigenvalue weighted by Gasteiger charge is -2.23. The Bertz CT molecular complexity index is 582. The SMILES string of the molecule is CSCCC(N)C(=O)NC(C)C(=O)NC(CCSC)C(=O)NC(CCCCN)C(=O)O. The number of unbranched alkanes of at least 4 members (excludes halogenated alkanes) is 1. The number of hydrogen-bond acceptors (Lipinski definition) is 8. The molecular weight excluding hydrogens is 442 g/mol. The summed E-state index contributed by atoms with van der Waals surface area (Å²) in [5.74, 6) is -1.38. The van der Waals surface area contributed by atoms with Crippen LogP contribution in [-0.2, 0) is 19.2 Å². The lowest BCUT2D eigenvalue weighted by Crippen LogP contribution is -2.56. The summed E-state index contributed by atoms with van der Waals surface area (Å²) >= 11 is 3.07. The first-order valence-electron chi connectivity index (χ1n) is 10.2. The summed E-state index contributed by atoms with van der Waals surface area (Å²) in [6.45, 7) is 1.95. The Kier molecular flexibility index (Phi) is 16.3. The smallest absolute Gasteiger partial charge is 0.326 e. The first kappa shape index (κ1) is 29.5. The van der Waals surface area contributed by atoms with Gasteiger partial charge in [-0.2, -0.15) is 23.5 Å². The normalized spacial score (nSPS) is 14.7. The number of amides is 3. The van der Waals surface area contributed by atoms with E-state index in [9.17, 15) is 24.3 Å². The molecule has 0 aromatic rings. The van der Waals surface area contributed by atoms with Gasteiger partial charge in [0.15, 0.2) is 0 Å². The standard InChI is InChI=1S/C19H37N5O5S2/c1-12(22-17(26)13(21)7-10-30-2)16(25)23-14(8-11-31-3)18(27)24-15(19(28)29)6-4-5-9-20/h12-15H,4-11,20-21H2,1-3H3,(H,22,26)(H,23,25)(H,24,27)(H,28,29). The Balaban J connectivity index is 4.96. The van der Waals surface area contributed by atoms with Crippen LogP contribution in [0.25, 0.3) is 0 Å². The van der Waals surface area contributed by atoms with Crippen LogP contribution in [0, 0.1) is 0 Å². The fourth-order valence-corrected chi connectivity index (χ4v) is 3.55. The van der Waals surface area contributed by atoms with E-state index in [-0.39, 0.29) is 6.42 Å². The minimum absolute atomic E-state index is 0.252. The molecule has 0 aromatic carbocycles. The molecule has 12 heteroatoms. The van der Waals surface area contributed by atoms with Crippen molar-refractivity contribution in [1.82, 2.24) is 16.0 Å². The van der Waals surface area contributed by atoms with E-state index in [1.807, 2.05) is 12.5 Å². The second kappa shape index (κ2) is 17.1. The van der Waals surface area contributed by atoms with Crippen molar-refractivity contribution in [2.24, 2.45) is 11.5 Å². The van der Waals surface area contributed by atoms with Crippen molar-refractivity contribution in [3.05, 3.63) is 0 Å². The number of nitrogens with two attached hydrogens (primary N) is 2. The largest absolute Gasteiger partial charge is 0.480 e. The average Bonchev–Trinajstić information content (AvgIpc) is 2.73. The molecule has 0 heterocycles. The monoisotopic (exact) mass is 479 g/mol. The van der Waals surface area contributed by atoms with E-state index in [0.717, 1.165) is 5.75 Å². The molecule has 0 saturated carbocycles. The molecule has 4 unspecified atom stereocenters. The number of aliphatic carboxylic acids is 1. The average molecular weight is 480 g/mol. The van der Waals surface area contributed by atoms with Crippen LogP contribution >= 0.6 is 23.5 Å². The summed E-state index contributed by atoms with van der Waals surface area (Å²) < 4.78 is 0. The Labute approximate surface area is 192 Å². The van der Waals surface area contributed by atoms with Crippen molar-refractivity contribution in [3.8, 4) is 0 Å². The first-order valence-corrected chi connectivity index (χ1v) is 13.0. The molecular formula is C19H37N5O5S2. The van der Waals surface area contributed by atoms with E-state index >= 15 is 0 Å². The Morgan fingerprint density at radius 1 is 0.839 bits per heavy atom. The maximum atomic E-state index is 12.7. The van der Waals surface area contributed by atoms with Crippen LogP contribution in [0.1, 0.15) is 39.0 Å². The number of carbonyl (C=O) groups is 4. The van der Waals surface area contributed by atoms with Gasteiger partial charge >= 0.3 is 5.97 Å². The van der Waals surface area contributed by atoms with E-state index in [1.165, 1.54) is 18.7 Å². The summed E-state index contributed by atoms with van der Waals surface area (Å²) in [6.07, 6.45) is 6.05. The minimum Gasteiger partial charge on any atom is -0.480 e. The number of rotatable bonds is 17. The molecule has 0 aliphatic rings. The van der Waals surface area contributed by atoms with Gasteiger partial charge in [0.1, 0.15) is 18.1 Å². The van der Waals surface area contributed by atoms with Gasteiger partial charge in [-0.25, -0.2) is 4.79 Å². The molecule has 0 rings (SSSR count). The maximum absolute atomic E-state index is 12.7. The quantitative estimate of drug-likeness (QED) is 0.150. The van der Waals surface area contributed by atoms with Gasteiger partial charge < -0.3 is 32.5 Å². The number of carboxylic acid groups (broad SMARTS) is 1. The summed E-state index contributed by atoms with van der Waals surface area (Å²) in [4.78, 5) is 48.8. The zero-order chi connectivity index (χ0) is 23.8. The zero-order valence-electron chi connectivity index (χ0n) is 18.5. The minimum atomic E-state index is -1.14. The lowest BCUT2D eigenvalue weighted by atomic mass is 10.1. The molecule has 0 spiro atoms. The van der Waals surface area contributed by atoms with Crippen molar-refractivity contribution >= 4 is 47.2 Å². The van der Waals surface area contributed by atoms with Crippen molar-refractivity contribution in [2.75, 3.05) is 30.6 Å². The van der Waals surface area contributed by atoms with Gasteiger partial charge in [0.05, 0.1) is 6.04 Å². The Morgan fingerprint density at radius 2 is 1.42 bits per heavy atom. The van der Waals surface area contributed by atoms with Crippen LogP contribution < -0.4 is 27.4 Å². The van der Waals surface area contributed by atoms with Gasteiger partial charge in [-0.3, -0.25) is 14.4 Å². The highest BCUT2D eigenvalue weighted by atomic mass is 32.2. The molecule has 4 atom stereocenters. The number of nitrogens with one attached hydrogen (secondary N) is 3. The van der Waals surface area contributed by atoms with Crippen molar-refractivity contribution in [2.45, 2.75) is 63.2 Å². The van der Waals surface area contributed by atoms with Gasteiger partial charge in [-0.05, 0) is 69.6 Å². The van der Waals surface area contributed by atoms with Crippen LogP contribution in [0.4, 0.5) is 0 Å². The number of carbonyl (C=O) groups excluding carboxylic acids is 3. The van der Waals surface area contributed by atoms with Gasteiger partial charge in [-0.1, -0.05) is 0 Å². The fourth-order valence-electron chi connectivity index (χ4n) is 2.59. The molecule has 0 radical (unpaired) electrons. The van der Waals surface area contributed by atoms with E-state index in [1.54, 1.807) is 11.8 Å². The first-order chi connectivity index (χ1) is 14.7. The molecule has 0 aromatic heterocycles. The summed E-state index contributed by atoms with van der Waals surface area (Å²) in [7, 11) is 0. The second-order valence-corrected chi connectivity index (χ2v) is 9.12. The fraction of sp³-hybridized carbons (Fsp3) is 0.789. The van der Waals surface area contributed by atoms with E-state index in [2.05, 4.69) is 16.0 Å². The van der Waals surface area contributed by atoms with Gasteiger partial charge in [0, 0.05) is 0 Å². The summed E-state index contributed by atoms with van der Waals surface area (Å²) in [5, 5.41) is 17.0. The third-order valence-electron chi connectivity index (χ3n) is 4.53. The molecule has 0 aliphatic carbocycles. The Hall–Kier alpha value is -1.50. The molecule has 0 aliphatic heterocycles. The summed E-state index contributed by atoms with van der Waals surface area (Å²) in [6, 6.07) is -3.58. The maximum Gasteiger partial charge on any atom is 0.326 e.